The molecule has 1 saturated heterocycles. The molecule has 2 aromatic heterocycles. The average Bonchev–Trinajstić information content (AvgIpc) is 3.53. The molecule has 2 aliphatic heterocycles. The number of rotatable bonds is 11. The van der Waals surface area contributed by atoms with Gasteiger partial charge in [-0.25, -0.2) is 9.78 Å². The highest BCUT2D eigenvalue weighted by Crippen LogP contribution is 2.41. The summed E-state index contributed by atoms with van der Waals surface area (Å²) in [6.45, 7) is 0.431. The lowest BCUT2D eigenvalue weighted by molar-refractivity contribution is -0.661. The summed E-state index contributed by atoms with van der Waals surface area (Å²) < 4.78 is 1.99. The number of nitrogens with two attached hydrogens (primary N) is 1. The highest BCUT2D eigenvalue weighted by atomic mass is 35.5. The van der Waals surface area contributed by atoms with Gasteiger partial charge in [-0.05, 0) is 35.9 Å². The minimum absolute atomic E-state index is 0.0405. The number of nitrogens with one attached hydrogen (secondary N) is 1. The quantitative estimate of drug-likeness (QED) is 0.0484. The number of aromatic nitrogens is 2. The number of carbonyl (C=O) groups excluding carboxylic acids is 3. The van der Waals surface area contributed by atoms with Crippen LogP contribution in [0.5, 0.6) is 11.5 Å². The topological polar surface area (TPSA) is 232 Å². The summed E-state index contributed by atoms with van der Waals surface area (Å²) in [5, 5.41) is 49.0. The molecule has 0 bridgehead atoms. The SMILES string of the molecule is Nc1nc(C(=NOC(C(=O)O)c2ccc(O)c(O)c2Cl)C(=O)NC2C(=O)N3C(C(=O)[O-])=C(C=CC[n+]4cccc5ccccc54)CSC23)cs1. The lowest BCUT2D eigenvalue weighted by Gasteiger charge is -2.50. The number of para-hydroxylation sites is 1. The van der Waals surface area contributed by atoms with Gasteiger partial charge >= 0.3 is 5.97 Å². The molecule has 3 atom stereocenters. The van der Waals surface area contributed by atoms with E-state index in [-0.39, 0.29) is 27.8 Å². The number of β-lactam (4-membered cyclic amide) rings is 1. The summed E-state index contributed by atoms with van der Waals surface area (Å²) >= 11 is 8.19. The molecule has 50 heavy (non-hydrogen) atoms. The Morgan fingerprint density at radius 3 is 2.70 bits per heavy atom. The summed E-state index contributed by atoms with van der Waals surface area (Å²) in [7, 11) is 0. The molecule has 6 N–H and O–H groups in total. The first-order chi connectivity index (χ1) is 24.0. The van der Waals surface area contributed by atoms with Crippen LogP contribution in [0.25, 0.3) is 10.9 Å². The first kappa shape index (κ1) is 34.2. The second-order valence-electron chi connectivity index (χ2n) is 10.8. The molecule has 2 aliphatic rings. The maximum atomic E-state index is 13.5. The Morgan fingerprint density at radius 1 is 1.22 bits per heavy atom. The van der Waals surface area contributed by atoms with Gasteiger partial charge in [0.15, 0.2) is 35.1 Å². The van der Waals surface area contributed by atoms with E-state index < -0.39 is 63.5 Å². The Balaban J connectivity index is 1.21. The number of halogens is 1. The van der Waals surface area contributed by atoms with Gasteiger partial charge in [0.25, 0.3) is 11.8 Å². The number of allylic oxidation sites excluding steroid dienone is 2. The van der Waals surface area contributed by atoms with Gasteiger partial charge in [0.2, 0.25) is 11.6 Å². The number of carboxylic acids is 2. The molecule has 18 heteroatoms. The summed E-state index contributed by atoms with van der Waals surface area (Å²) in [5.41, 5.74) is 5.81. The van der Waals surface area contributed by atoms with Crippen molar-refractivity contribution in [2.75, 3.05) is 11.5 Å². The minimum Gasteiger partial charge on any atom is -0.543 e. The van der Waals surface area contributed by atoms with Crippen molar-refractivity contribution in [2.45, 2.75) is 24.1 Å². The number of oxime groups is 1. The lowest BCUT2D eigenvalue weighted by atomic mass is 10.0. The maximum Gasteiger partial charge on any atom is 0.352 e. The fourth-order valence-electron chi connectivity index (χ4n) is 5.37. The maximum absolute atomic E-state index is 13.5. The Morgan fingerprint density at radius 2 is 1.98 bits per heavy atom. The fourth-order valence-corrected chi connectivity index (χ4v) is 7.50. The number of thiazole rings is 1. The fraction of sp³-hybridized carbons (Fsp3) is 0.156. The van der Waals surface area contributed by atoms with E-state index in [2.05, 4.69) is 15.5 Å². The van der Waals surface area contributed by atoms with Gasteiger partial charge in [-0.1, -0.05) is 35.0 Å². The first-order valence-corrected chi connectivity index (χ1v) is 16.9. The number of benzene rings is 2. The molecule has 256 valence electrons. The molecule has 4 heterocycles. The number of hydrogen-bond donors (Lipinski definition) is 5. The number of nitrogen functional groups attached to an aromatic ring is 1. The zero-order chi connectivity index (χ0) is 35.7. The van der Waals surface area contributed by atoms with Crippen LogP contribution in [0.3, 0.4) is 0 Å². The van der Waals surface area contributed by atoms with Crippen LogP contribution < -0.4 is 20.7 Å². The molecule has 1 fully saturated rings. The molecule has 4 aromatic rings. The third kappa shape index (κ3) is 6.52. The van der Waals surface area contributed by atoms with Crippen LogP contribution in [0.4, 0.5) is 5.13 Å². The van der Waals surface area contributed by atoms with E-state index in [1.54, 1.807) is 12.2 Å². The van der Waals surface area contributed by atoms with Crippen molar-refractivity contribution in [1.29, 1.82) is 0 Å². The van der Waals surface area contributed by atoms with Crippen molar-refractivity contribution in [1.82, 2.24) is 15.2 Å². The van der Waals surface area contributed by atoms with E-state index >= 15 is 0 Å². The van der Waals surface area contributed by atoms with Crippen molar-refractivity contribution < 1.29 is 49.0 Å². The Bertz CT molecular complexity index is 2150. The Hall–Kier alpha value is -5.65. The molecule has 15 nitrogen and oxygen atoms in total. The predicted octanol–water partition coefficient (Wildman–Crippen LogP) is 1.44. The van der Waals surface area contributed by atoms with Gasteiger partial charge in [0.1, 0.15) is 17.1 Å². The zero-order valence-corrected chi connectivity index (χ0v) is 27.8. The van der Waals surface area contributed by atoms with E-state index in [1.807, 2.05) is 47.2 Å². The number of carbonyl (C=O) groups is 4. The molecule has 0 radical (unpaired) electrons. The smallest absolute Gasteiger partial charge is 0.352 e. The largest absolute Gasteiger partial charge is 0.543 e. The number of hydrogen-bond acceptors (Lipinski definition) is 13. The van der Waals surface area contributed by atoms with E-state index in [1.165, 1.54) is 17.1 Å². The number of carboxylic acid groups (broad SMARTS) is 2. The number of nitrogens with zero attached hydrogens (tertiary/aromatic N) is 4. The Labute approximate surface area is 295 Å². The van der Waals surface area contributed by atoms with E-state index in [9.17, 15) is 39.6 Å². The molecule has 2 aromatic carbocycles. The van der Waals surface area contributed by atoms with Crippen LogP contribution in [0.2, 0.25) is 5.02 Å². The van der Waals surface area contributed by atoms with Crippen LogP contribution in [0.15, 0.2) is 88.7 Å². The van der Waals surface area contributed by atoms with E-state index in [0.717, 1.165) is 39.3 Å². The van der Waals surface area contributed by atoms with Gasteiger partial charge in [-0.2, -0.15) is 4.57 Å². The summed E-state index contributed by atoms with van der Waals surface area (Å²) in [5.74, 6) is -6.11. The van der Waals surface area contributed by atoms with Gasteiger partial charge in [-0.15, -0.1) is 23.1 Å². The highest BCUT2D eigenvalue weighted by molar-refractivity contribution is 8.00. The van der Waals surface area contributed by atoms with Crippen molar-refractivity contribution in [3.05, 3.63) is 99.8 Å². The van der Waals surface area contributed by atoms with Crippen molar-refractivity contribution >= 4 is 80.2 Å². The van der Waals surface area contributed by atoms with E-state index in [4.69, 9.17) is 22.2 Å². The number of thioether (sulfide) groups is 1. The first-order valence-electron chi connectivity index (χ1n) is 14.6. The number of phenols is 2. The second kappa shape index (κ2) is 14.1. The van der Waals surface area contributed by atoms with Crippen LogP contribution >= 0.6 is 34.7 Å². The van der Waals surface area contributed by atoms with Crippen LogP contribution in [0.1, 0.15) is 17.4 Å². The Kier molecular flexibility index (Phi) is 9.63. The number of phenolic OH excluding ortho intramolecular Hbond substituents is 2. The molecular formula is C32H25ClN6O9S2. The molecule has 3 unspecified atom stereocenters. The van der Waals surface area contributed by atoms with Gasteiger partial charge in [0, 0.05) is 34.2 Å². The highest BCUT2D eigenvalue weighted by Gasteiger charge is 2.53. The third-order valence-corrected chi connectivity index (χ3v) is 10.1. The molecular weight excluding hydrogens is 712 g/mol. The number of pyridine rings is 1. The van der Waals surface area contributed by atoms with Crippen molar-refractivity contribution in [3.8, 4) is 11.5 Å². The van der Waals surface area contributed by atoms with Crippen LogP contribution in [-0.2, 0) is 30.6 Å². The molecule has 6 rings (SSSR count). The molecule has 2 amide bonds. The van der Waals surface area contributed by atoms with Gasteiger partial charge in [0.05, 0.1) is 16.7 Å². The number of aromatic hydroxyl groups is 2. The summed E-state index contributed by atoms with van der Waals surface area (Å²) in [4.78, 5) is 61.5. The number of anilines is 1. The molecule has 0 aliphatic carbocycles. The van der Waals surface area contributed by atoms with Crippen molar-refractivity contribution in [3.63, 3.8) is 0 Å². The van der Waals surface area contributed by atoms with E-state index in [0.29, 0.717) is 12.1 Å². The van der Waals surface area contributed by atoms with Crippen LogP contribution in [-0.4, -0.2) is 71.8 Å². The molecule has 0 spiro atoms. The molecule has 0 saturated carbocycles. The monoisotopic (exact) mass is 736 g/mol. The summed E-state index contributed by atoms with van der Waals surface area (Å²) in [6, 6.07) is 12.6. The number of amides is 2. The minimum atomic E-state index is -1.95. The lowest BCUT2D eigenvalue weighted by Crippen LogP contribution is -2.71. The van der Waals surface area contributed by atoms with Crippen LogP contribution in [0, 0.1) is 0 Å². The predicted molar refractivity (Wildman–Crippen MR) is 180 cm³/mol. The number of aliphatic carboxylic acids is 2. The van der Waals surface area contributed by atoms with Gasteiger partial charge < -0.3 is 41.1 Å². The second-order valence-corrected chi connectivity index (χ2v) is 13.2. The summed E-state index contributed by atoms with van der Waals surface area (Å²) in [6.07, 6.45) is 3.37. The standard InChI is InChI=1S/C32H25ClN6O9S2/c33-21-17(9-10-20(40)25(21)41)26(31(46)47)48-37-22(18-14-50-32(34)35-18)27(42)36-23-28(43)39-24(30(44)45)16(13-49-29(23)39)7-4-12-38-11-3-6-15-5-1-2-8-19(15)38/h1-11,14,23,26,29H,12-13H2,(H6-,34,35,36,37,40,41,42,44,45,46,47). The average molecular weight is 737 g/mol. The normalized spacial score (nSPS) is 18.1. The number of fused-ring (bicyclic) bond motifs is 2. The van der Waals surface area contributed by atoms with Crippen molar-refractivity contribution in [2.24, 2.45) is 5.16 Å². The van der Waals surface area contributed by atoms with Gasteiger partial charge in [-0.3, -0.25) is 14.5 Å². The zero-order valence-electron chi connectivity index (χ0n) is 25.4. The third-order valence-electron chi connectivity index (χ3n) is 7.75.